The van der Waals surface area contributed by atoms with Crippen molar-refractivity contribution in [3.8, 4) is 0 Å². The molecule has 74 valence electrons. The summed E-state index contributed by atoms with van der Waals surface area (Å²) < 4.78 is 38.3. The van der Waals surface area contributed by atoms with Crippen LogP contribution in [0.15, 0.2) is 24.4 Å². The van der Waals surface area contributed by atoms with Crippen LogP contribution in [0, 0.1) is 0 Å². The Morgan fingerprint density at radius 3 is 2.64 bits per heavy atom. The van der Waals surface area contributed by atoms with Gasteiger partial charge in [-0.25, -0.2) is 4.98 Å². The fourth-order valence-electron chi connectivity index (χ4n) is 1.22. The van der Waals surface area contributed by atoms with Gasteiger partial charge in [0.1, 0.15) is 16.5 Å². The lowest BCUT2D eigenvalue weighted by atomic mass is 10.3. The number of nitrogens with zero attached hydrogens (tertiary/aromatic N) is 2. The molecule has 0 atom stereocenters. The molecule has 0 aliphatic rings. The van der Waals surface area contributed by atoms with Gasteiger partial charge in [-0.3, -0.25) is 4.40 Å². The van der Waals surface area contributed by atoms with E-state index in [2.05, 4.69) is 4.98 Å². The summed E-state index contributed by atoms with van der Waals surface area (Å²) in [6, 6.07) is 3.71. The Hall–Kier alpha value is -1.23. The molecule has 0 saturated carbocycles. The largest absolute Gasteiger partial charge is 0.431 e. The van der Waals surface area contributed by atoms with Crippen molar-refractivity contribution in [3.63, 3.8) is 0 Å². The van der Waals surface area contributed by atoms with E-state index in [1.54, 1.807) is 0 Å². The number of fused-ring (bicyclic) bond motifs is 1. The molecule has 0 spiro atoms. The van der Waals surface area contributed by atoms with E-state index in [1.807, 2.05) is 0 Å². The van der Waals surface area contributed by atoms with Gasteiger partial charge in [-0.05, 0) is 12.1 Å². The van der Waals surface area contributed by atoms with Crippen LogP contribution in [0.3, 0.4) is 0 Å². The van der Waals surface area contributed by atoms with Gasteiger partial charge >= 0.3 is 6.18 Å². The Morgan fingerprint density at radius 1 is 1.29 bits per heavy atom. The molecule has 0 amide bonds. The topological polar surface area (TPSA) is 17.3 Å². The normalized spacial score (nSPS) is 12.3. The van der Waals surface area contributed by atoms with Gasteiger partial charge in [0.15, 0.2) is 0 Å². The summed E-state index contributed by atoms with van der Waals surface area (Å²) in [5.74, 6) is 0. The lowest BCUT2D eigenvalue weighted by Crippen LogP contribution is -2.11. The van der Waals surface area contributed by atoms with Crippen LogP contribution in [0.4, 0.5) is 13.2 Å². The summed E-state index contributed by atoms with van der Waals surface area (Å²) >= 11 is 5.58. The van der Waals surface area contributed by atoms with Gasteiger partial charge in [-0.2, -0.15) is 13.2 Å². The van der Waals surface area contributed by atoms with Crippen LogP contribution in [-0.2, 0) is 6.18 Å². The number of alkyl halides is 3. The van der Waals surface area contributed by atoms with Gasteiger partial charge in [-0.1, -0.05) is 17.7 Å². The minimum atomic E-state index is -4.43. The standard InChI is InChI=1S/C8H4ClF3N2/c9-6-4-13-7-3-1-2-5(14(6)7)8(10,11)12/h1-4H. The summed E-state index contributed by atoms with van der Waals surface area (Å²) in [5, 5.41) is -0.0482. The van der Waals surface area contributed by atoms with Crippen molar-refractivity contribution in [3.05, 3.63) is 35.2 Å². The van der Waals surface area contributed by atoms with Crippen molar-refractivity contribution < 1.29 is 13.2 Å². The van der Waals surface area contributed by atoms with Crippen LogP contribution >= 0.6 is 11.6 Å². The zero-order valence-electron chi connectivity index (χ0n) is 6.72. The zero-order valence-corrected chi connectivity index (χ0v) is 7.47. The van der Waals surface area contributed by atoms with E-state index in [9.17, 15) is 13.2 Å². The first-order valence-corrected chi connectivity index (χ1v) is 4.07. The van der Waals surface area contributed by atoms with Crippen LogP contribution in [0.5, 0.6) is 0 Å². The SMILES string of the molecule is FC(F)(F)c1cccc2ncc(Cl)n12. The third kappa shape index (κ3) is 1.33. The van der Waals surface area contributed by atoms with Gasteiger partial charge in [0.2, 0.25) is 0 Å². The molecule has 2 rings (SSSR count). The van der Waals surface area contributed by atoms with E-state index in [1.165, 1.54) is 18.3 Å². The molecule has 2 nitrogen and oxygen atoms in total. The third-order valence-electron chi connectivity index (χ3n) is 1.78. The number of hydrogen-bond donors (Lipinski definition) is 0. The van der Waals surface area contributed by atoms with Gasteiger partial charge in [-0.15, -0.1) is 0 Å². The molecule has 0 N–H and O–H groups in total. The lowest BCUT2D eigenvalue weighted by molar-refractivity contribution is -0.142. The van der Waals surface area contributed by atoms with E-state index in [-0.39, 0.29) is 10.8 Å². The monoisotopic (exact) mass is 220 g/mol. The predicted octanol–water partition coefficient (Wildman–Crippen LogP) is 3.01. The van der Waals surface area contributed by atoms with Crippen molar-refractivity contribution in [1.29, 1.82) is 0 Å². The fourth-order valence-corrected chi connectivity index (χ4v) is 1.45. The maximum absolute atomic E-state index is 12.5. The molecule has 0 aromatic carbocycles. The van der Waals surface area contributed by atoms with E-state index in [4.69, 9.17) is 11.6 Å². The minimum Gasteiger partial charge on any atom is -0.279 e. The first-order chi connectivity index (χ1) is 6.50. The zero-order chi connectivity index (χ0) is 10.3. The lowest BCUT2D eigenvalue weighted by Gasteiger charge is -2.09. The molecule has 2 aromatic rings. The second-order valence-corrected chi connectivity index (χ2v) is 3.07. The molecule has 2 aromatic heterocycles. The molecule has 2 heterocycles. The molecular weight excluding hydrogens is 217 g/mol. The van der Waals surface area contributed by atoms with Gasteiger partial charge in [0, 0.05) is 0 Å². The summed E-state index contributed by atoms with van der Waals surface area (Å²) in [4.78, 5) is 3.72. The highest BCUT2D eigenvalue weighted by molar-refractivity contribution is 6.29. The number of halogens is 4. The number of aromatic nitrogens is 2. The number of rotatable bonds is 0. The van der Waals surface area contributed by atoms with Crippen LogP contribution in [0.1, 0.15) is 5.69 Å². The molecule has 14 heavy (non-hydrogen) atoms. The highest BCUT2D eigenvalue weighted by atomic mass is 35.5. The first kappa shape index (κ1) is 9.33. The number of hydrogen-bond acceptors (Lipinski definition) is 1. The van der Waals surface area contributed by atoms with E-state index < -0.39 is 11.9 Å². The molecule has 0 saturated heterocycles. The summed E-state index contributed by atoms with van der Waals surface area (Å²) in [5.41, 5.74) is -0.637. The Morgan fingerprint density at radius 2 is 2.00 bits per heavy atom. The van der Waals surface area contributed by atoms with E-state index in [0.29, 0.717) is 0 Å². The van der Waals surface area contributed by atoms with Gasteiger partial charge < -0.3 is 0 Å². The van der Waals surface area contributed by atoms with Crippen LogP contribution < -0.4 is 0 Å². The van der Waals surface area contributed by atoms with E-state index >= 15 is 0 Å². The minimum absolute atomic E-state index is 0.0482. The predicted molar refractivity (Wildman–Crippen MR) is 45.2 cm³/mol. The van der Waals surface area contributed by atoms with Crippen molar-refractivity contribution in [2.75, 3.05) is 0 Å². The van der Waals surface area contributed by atoms with Gasteiger partial charge in [0.05, 0.1) is 6.20 Å². The Balaban J connectivity index is 2.82. The highest BCUT2D eigenvalue weighted by Crippen LogP contribution is 2.31. The van der Waals surface area contributed by atoms with Gasteiger partial charge in [0.25, 0.3) is 0 Å². The van der Waals surface area contributed by atoms with Crippen LogP contribution in [0.25, 0.3) is 5.65 Å². The molecular formula is C8H4ClF3N2. The molecule has 0 aliphatic heterocycles. The quantitative estimate of drug-likeness (QED) is 0.667. The first-order valence-electron chi connectivity index (χ1n) is 3.69. The molecule has 0 bridgehead atoms. The summed E-state index contributed by atoms with van der Waals surface area (Å²) in [6.45, 7) is 0. The Kier molecular flexibility index (Phi) is 1.92. The Labute approximate surface area is 81.9 Å². The molecule has 0 aliphatic carbocycles. The molecule has 0 unspecified atom stereocenters. The second-order valence-electron chi connectivity index (χ2n) is 2.68. The summed E-state index contributed by atoms with van der Waals surface area (Å²) in [6.07, 6.45) is -3.24. The van der Waals surface area contributed by atoms with Crippen LogP contribution in [-0.4, -0.2) is 9.38 Å². The average molecular weight is 221 g/mol. The van der Waals surface area contributed by atoms with Crippen molar-refractivity contribution in [1.82, 2.24) is 9.38 Å². The second kappa shape index (κ2) is 2.88. The molecule has 0 radical (unpaired) electrons. The maximum atomic E-state index is 12.5. The van der Waals surface area contributed by atoms with E-state index in [0.717, 1.165) is 10.5 Å². The van der Waals surface area contributed by atoms with Crippen molar-refractivity contribution >= 4 is 17.2 Å². The number of imidazole rings is 1. The smallest absolute Gasteiger partial charge is 0.279 e. The molecule has 6 heteroatoms. The third-order valence-corrected chi connectivity index (χ3v) is 2.04. The highest BCUT2D eigenvalue weighted by Gasteiger charge is 2.33. The Bertz CT molecular complexity index is 475. The molecule has 0 fully saturated rings. The maximum Gasteiger partial charge on any atom is 0.431 e. The number of pyridine rings is 1. The average Bonchev–Trinajstić information content (AvgIpc) is 2.46. The van der Waals surface area contributed by atoms with Crippen LogP contribution in [0.2, 0.25) is 5.15 Å². The van der Waals surface area contributed by atoms with Crippen molar-refractivity contribution in [2.45, 2.75) is 6.18 Å². The van der Waals surface area contributed by atoms with Crippen molar-refractivity contribution in [2.24, 2.45) is 0 Å². The summed E-state index contributed by atoms with van der Waals surface area (Å²) in [7, 11) is 0. The fraction of sp³-hybridized carbons (Fsp3) is 0.125.